The summed E-state index contributed by atoms with van der Waals surface area (Å²) < 4.78 is 5.33. The highest BCUT2D eigenvalue weighted by Crippen LogP contribution is 2.21. The number of piperazine rings is 1. The molecule has 0 saturated carbocycles. The van der Waals surface area contributed by atoms with Crippen molar-refractivity contribution in [2.45, 2.75) is 26.4 Å². The number of halogens is 1. The fourth-order valence-electron chi connectivity index (χ4n) is 2.18. The van der Waals surface area contributed by atoms with Gasteiger partial charge in [-0.2, -0.15) is 0 Å². The van der Waals surface area contributed by atoms with Crippen molar-refractivity contribution in [1.29, 1.82) is 0 Å². The van der Waals surface area contributed by atoms with Crippen LogP contribution in [0.3, 0.4) is 0 Å². The minimum absolute atomic E-state index is 0.220. The topological polar surface area (TPSA) is 61.9 Å². The van der Waals surface area contributed by atoms with Crippen molar-refractivity contribution in [2.75, 3.05) is 31.5 Å². The fourth-order valence-corrected chi connectivity index (χ4v) is 2.36. The van der Waals surface area contributed by atoms with E-state index in [0.717, 1.165) is 0 Å². The predicted molar refractivity (Wildman–Crippen MR) is 89.9 cm³/mol. The van der Waals surface area contributed by atoms with Crippen LogP contribution in [0.15, 0.2) is 24.3 Å². The third kappa shape index (κ3) is 5.03. The van der Waals surface area contributed by atoms with Crippen LogP contribution in [-0.2, 0) is 4.74 Å². The summed E-state index contributed by atoms with van der Waals surface area (Å²) >= 11 is 6.03. The van der Waals surface area contributed by atoms with Gasteiger partial charge in [0.25, 0.3) is 0 Å². The van der Waals surface area contributed by atoms with Gasteiger partial charge in [-0.25, -0.2) is 9.59 Å². The maximum atomic E-state index is 12.2. The lowest BCUT2D eigenvalue weighted by Gasteiger charge is -2.35. The van der Waals surface area contributed by atoms with Gasteiger partial charge in [0.15, 0.2) is 0 Å². The van der Waals surface area contributed by atoms with Gasteiger partial charge >= 0.3 is 12.1 Å². The number of anilines is 1. The normalized spacial score (nSPS) is 15.3. The largest absolute Gasteiger partial charge is 0.444 e. The molecule has 0 radical (unpaired) electrons. The maximum Gasteiger partial charge on any atom is 0.410 e. The van der Waals surface area contributed by atoms with Crippen molar-refractivity contribution in [3.63, 3.8) is 0 Å². The maximum absolute atomic E-state index is 12.2. The van der Waals surface area contributed by atoms with Gasteiger partial charge in [0.2, 0.25) is 0 Å². The van der Waals surface area contributed by atoms with E-state index in [1.165, 1.54) is 0 Å². The molecule has 0 aliphatic carbocycles. The molecule has 0 bridgehead atoms. The monoisotopic (exact) mass is 339 g/mol. The Hall–Kier alpha value is -1.95. The number of hydrogen-bond acceptors (Lipinski definition) is 3. The lowest BCUT2D eigenvalue weighted by Crippen LogP contribution is -2.52. The van der Waals surface area contributed by atoms with Gasteiger partial charge in [0, 0.05) is 26.2 Å². The Morgan fingerprint density at radius 1 is 1.09 bits per heavy atom. The Morgan fingerprint density at radius 2 is 1.65 bits per heavy atom. The van der Waals surface area contributed by atoms with Crippen LogP contribution < -0.4 is 5.32 Å². The van der Waals surface area contributed by atoms with Crippen LogP contribution >= 0.6 is 11.6 Å². The van der Waals surface area contributed by atoms with E-state index in [4.69, 9.17) is 16.3 Å². The molecule has 0 unspecified atom stereocenters. The van der Waals surface area contributed by atoms with E-state index in [1.807, 2.05) is 26.8 Å². The molecule has 2 rings (SSSR count). The minimum atomic E-state index is -0.518. The van der Waals surface area contributed by atoms with Crippen molar-refractivity contribution in [3.05, 3.63) is 29.3 Å². The van der Waals surface area contributed by atoms with Crippen molar-refractivity contribution >= 4 is 29.4 Å². The molecule has 1 aliphatic rings. The van der Waals surface area contributed by atoms with Gasteiger partial charge in [0.1, 0.15) is 5.60 Å². The highest BCUT2D eigenvalue weighted by Gasteiger charge is 2.27. The lowest BCUT2D eigenvalue weighted by molar-refractivity contribution is 0.0174. The van der Waals surface area contributed by atoms with Crippen LogP contribution in [0, 0.1) is 0 Å². The molecule has 1 saturated heterocycles. The van der Waals surface area contributed by atoms with E-state index < -0.39 is 5.60 Å². The summed E-state index contributed by atoms with van der Waals surface area (Å²) in [6.07, 6.45) is -0.344. The van der Waals surface area contributed by atoms with E-state index in [2.05, 4.69) is 5.32 Å². The van der Waals surface area contributed by atoms with E-state index in [-0.39, 0.29) is 12.1 Å². The van der Waals surface area contributed by atoms with E-state index in [9.17, 15) is 9.59 Å². The zero-order valence-electron chi connectivity index (χ0n) is 13.6. The molecule has 6 nitrogen and oxygen atoms in total. The smallest absolute Gasteiger partial charge is 0.410 e. The Kier molecular flexibility index (Phi) is 5.36. The molecule has 1 heterocycles. The molecule has 0 aromatic heterocycles. The molecular formula is C16H22ClN3O3. The number of nitrogens with one attached hydrogen (secondary N) is 1. The van der Waals surface area contributed by atoms with Gasteiger partial charge in [0.05, 0.1) is 10.7 Å². The summed E-state index contributed by atoms with van der Waals surface area (Å²) in [6, 6.07) is 6.86. The second-order valence-corrected chi connectivity index (χ2v) is 6.77. The van der Waals surface area contributed by atoms with Crippen molar-refractivity contribution in [2.24, 2.45) is 0 Å². The number of rotatable bonds is 1. The van der Waals surface area contributed by atoms with Gasteiger partial charge in [-0.15, -0.1) is 0 Å². The third-order valence-electron chi connectivity index (χ3n) is 3.33. The first-order valence-electron chi connectivity index (χ1n) is 7.54. The van der Waals surface area contributed by atoms with Crippen LogP contribution in [0.2, 0.25) is 5.02 Å². The van der Waals surface area contributed by atoms with Crippen molar-refractivity contribution in [1.82, 2.24) is 9.80 Å². The average Bonchev–Trinajstić information content (AvgIpc) is 2.48. The molecular weight excluding hydrogens is 318 g/mol. The highest BCUT2D eigenvalue weighted by atomic mass is 35.5. The second kappa shape index (κ2) is 7.08. The highest BCUT2D eigenvalue weighted by molar-refractivity contribution is 6.33. The molecule has 126 valence electrons. The summed E-state index contributed by atoms with van der Waals surface area (Å²) in [7, 11) is 0. The Morgan fingerprint density at radius 3 is 2.22 bits per heavy atom. The van der Waals surface area contributed by atoms with Gasteiger partial charge in [-0.05, 0) is 32.9 Å². The van der Waals surface area contributed by atoms with Crippen molar-refractivity contribution < 1.29 is 14.3 Å². The van der Waals surface area contributed by atoms with Crippen molar-refractivity contribution in [3.8, 4) is 0 Å². The number of carbonyl (C=O) groups excluding carboxylic acids is 2. The van der Waals surface area contributed by atoms with Crippen LogP contribution in [0.4, 0.5) is 15.3 Å². The molecule has 3 amide bonds. The second-order valence-electron chi connectivity index (χ2n) is 6.36. The molecule has 0 atom stereocenters. The zero-order valence-corrected chi connectivity index (χ0v) is 14.4. The number of amides is 3. The summed E-state index contributed by atoms with van der Waals surface area (Å²) in [5, 5.41) is 3.28. The molecule has 0 spiro atoms. The number of carbonyl (C=O) groups is 2. The molecule has 23 heavy (non-hydrogen) atoms. The summed E-state index contributed by atoms with van der Waals surface area (Å²) in [5.41, 5.74) is 0.0593. The van der Waals surface area contributed by atoms with Crippen LogP contribution in [-0.4, -0.2) is 53.7 Å². The first-order chi connectivity index (χ1) is 10.8. The minimum Gasteiger partial charge on any atom is -0.444 e. The Labute approximate surface area is 141 Å². The summed E-state index contributed by atoms with van der Waals surface area (Å²) in [4.78, 5) is 27.5. The zero-order chi connectivity index (χ0) is 17.0. The molecule has 1 aliphatic heterocycles. The first-order valence-corrected chi connectivity index (χ1v) is 7.92. The fraction of sp³-hybridized carbons (Fsp3) is 0.500. The molecule has 1 aromatic carbocycles. The number of para-hydroxylation sites is 1. The molecule has 7 heteroatoms. The molecule has 1 fully saturated rings. The van der Waals surface area contributed by atoms with E-state index >= 15 is 0 Å². The Bertz CT molecular complexity index is 578. The van der Waals surface area contributed by atoms with Crippen LogP contribution in [0.25, 0.3) is 0 Å². The standard InChI is InChI=1S/C16H22ClN3O3/c1-16(2,3)23-15(22)20-10-8-19(9-11-20)14(21)18-13-7-5-4-6-12(13)17/h4-7H,8-11H2,1-3H3,(H,18,21). The van der Waals surface area contributed by atoms with E-state index in [0.29, 0.717) is 36.9 Å². The van der Waals surface area contributed by atoms with Gasteiger partial charge in [-0.3, -0.25) is 0 Å². The summed E-state index contributed by atoms with van der Waals surface area (Å²) in [5.74, 6) is 0. The number of hydrogen-bond donors (Lipinski definition) is 1. The average molecular weight is 340 g/mol. The van der Waals surface area contributed by atoms with Gasteiger partial charge in [-0.1, -0.05) is 23.7 Å². The number of ether oxygens (including phenoxy) is 1. The quantitative estimate of drug-likeness (QED) is 0.852. The molecule has 1 aromatic rings. The lowest BCUT2D eigenvalue weighted by atomic mass is 10.2. The first kappa shape index (κ1) is 17.4. The predicted octanol–water partition coefficient (Wildman–Crippen LogP) is 3.42. The van der Waals surface area contributed by atoms with Crippen LogP contribution in [0.5, 0.6) is 0 Å². The summed E-state index contributed by atoms with van der Waals surface area (Å²) in [6.45, 7) is 7.30. The third-order valence-corrected chi connectivity index (χ3v) is 3.66. The van der Waals surface area contributed by atoms with E-state index in [1.54, 1.807) is 28.0 Å². The van der Waals surface area contributed by atoms with Gasteiger partial charge < -0.3 is 19.9 Å². The Balaban J connectivity index is 1.85. The number of nitrogens with zero attached hydrogens (tertiary/aromatic N) is 2. The van der Waals surface area contributed by atoms with Crippen LogP contribution in [0.1, 0.15) is 20.8 Å². The number of urea groups is 1. The molecule has 1 N–H and O–H groups in total. The number of benzene rings is 1. The SMILES string of the molecule is CC(C)(C)OC(=O)N1CCN(C(=O)Nc2ccccc2Cl)CC1.